The van der Waals surface area contributed by atoms with Crippen molar-refractivity contribution in [2.24, 2.45) is 0 Å². The topological polar surface area (TPSA) is 49.9 Å². The second-order valence-electron chi connectivity index (χ2n) is 6.89. The van der Waals surface area contributed by atoms with Gasteiger partial charge in [0, 0.05) is 31.7 Å². The molecule has 0 radical (unpaired) electrons. The quantitative estimate of drug-likeness (QED) is 0.796. The van der Waals surface area contributed by atoms with Gasteiger partial charge in [0.05, 0.1) is 13.0 Å². The molecule has 148 valence electrons. The van der Waals surface area contributed by atoms with Crippen LogP contribution in [-0.2, 0) is 11.2 Å². The molecule has 0 spiro atoms. The van der Waals surface area contributed by atoms with Crippen molar-refractivity contribution in [1.82, 2.24) is 9.80 Å². The van der Waals surface area contributed by atoms with E-state index in [-0.39, 0.29) is 17.6 Å². The Morgan fingerprint density at radius 2 is 1.64 bits per heavy atom. The smallest absolute Gasteiger partial charge is 0.254 e. The number of benzene rings is 2. The molecule has 1 saturated heterocycles. The highest BCUT2D eigenvalue weighted by Gasteiger charge is 2.25. The van der Waals surface area contributed by atoms with Crippen molar-refractivity contribution >= 4 is 11.8 Å². The van der Waals surface area contributed by atoms with Gasteiger partial charge in [-0.15, -0.1) is 0 Å². The van der Waals surface area contributed by atoms with Gasteiger partial charge in [0.1, 0.15) is 11.6 Å². The molecule has 0 saturated carbocycles. The SMILES string of the molecule is CCOc1ccc(CC(=O)N2CCN(C(=O)c3ccc(C)c(F)c3)CC2)cc1. The third-order valence-corrected chi connectivity index (χ3v) is 4.93. The van der Waals surface area contributed by atoms with Crippen molar-refractivity contribution in [1.29, 1.82) is 0 Å². The summed E-state index contributed by atoms with van der Waals surface area (Å²) in [5.74, 6) is 0.253. The fourth-order valence-corrected chi connectivity index (χ4v) is 3.22. The van der Waals surface area contributed by atoms with Crippen LogP contribution >= 0.6 is 0 Å². The van der Waals surface area contributed by atoms with E-state index in [0.29, 0.717) is 50.3 Å². The van der Waals surface area contributed by atoms with Crippen molar-refractivity contribution in [2.75, 3.05) is 32.8 Å². The Balaban J connectivity index is 1.53. The third-order valence-electron chi connectivity index (χ3n) is 4.93. The van der Waals surface area contributed by atoms with Gasteiger partial charge in [-0.2, -0.15) is 0 Å². The van der Waals surface area contributed by atoms with Gasteiger partial charge in [0.25, 0.3) is 5.91 Å². The fourth-order valence-electron chi connectivity index (χ4n) is 3.22. The maximum atomic E-state index is 13.7. The van der Waals surface area contributed by atoms with Gasteiger partial charge in [-0.1, -0.05) is 18.2 Å². The number of carbonyl (C=O) groups excluding carboxylic acids is 2. The molecule has 0 unspecified atom stereocenters. The zero-order chi connectivity index (χ0) is 20.1. The summed E-state index contributed by atoms with van der Waals surface area (Å²) in [5.41, 5.74) is 1.79. The molecule has 1 fully saturated rings. The summed E-state index contributed by atoms with van der Waals surface area (Å²) < 4.78 is 19.1. The summed E-state index contributed by atoms with van der Waals surface area (Å²) in [4.78, 5) is 28.6. The molecule has 1 aliphatic heterocycles. The Labute approximate surface area is 164 Å². The van der Waals surface area contributed by atoms with Crippen LogP contribution in [0.15, 0.2) is 42.5 Å². The minimum atomic E-state index is -0.380. The second kappa shape index (κ2) is 8.87. The molecule has 0 aliphatic carbocycles. The van der Waals surface area contributed by atoms with Crippen LogP contribution in [-0.4, -0.2) is 54.4 Å². The molecule has 0 bridgehead atoms. The van der Waals surface area contributed by atoms with Crippen molar-refractivity contribution in [3.05, 3.63) is 65.0 Å². The number of piperazine rings is 1. The maximum absolute atomic E-state index is 13.7. The van der Waals surface area contributed by atoms with Crippen LogP contribution in [0.3, 0.4) is 0 Å². The van der Waals surface area contributed by atoms with E-state index in [0.717, 1.165) is 11.3 Å². The molecule has 0 atom stereocenters. The number of aryl methyl sites for hydroxylation is 1. The fraction of sp³-hybridized carbons (Fsp3) is 0.364. The number of hydrogen-bond donors (Lipinski definition) is 0. The van der Waals surface area contributed by atoms with Crippen LogP contribution in [0.5, 0.6) is 5.75 Å². The molecular formula is C22H25FN2O3. The molecule has 1 aliphatic rings. The van der Waals surface area contributed by atoms with Crippen molar-refractivity contribution < 1.29 is 18.7 Å². The lowest BCUT2D eigenvalue weighted by molar-refractivity contribution is -0.131. The van der Waals surface area contributed by atoms with Gasteiger partial charge in [-0.3, -0.25) is 9.59 Å². The third kappa shape index (κ3) is 4.68. The molecule has 2 aromatic rings. The average Bonchev–Trinajstić information content (AvgIpc) is 2.71. The first-order chi connectivity index (χ1) is 13.5. The number of hydrogen-bond acceptors (Lipinski definition) is 3. The van der Waals surface area contributed by atoms with E-state index in [2.05, 4.69) is 0 Å². The summed E-state index contributed by atoms with van der Waals surface area (Å²) in [6, 6.07) is 12.1. The molecule has 0 N–H and O–H groups in total. The van der Waals surface area contributed by atoms with E-state index in [4.69, 9.17) is 4.74 Å². The number of nitrogens with zero attached hydrogens (tertiary/aromatic N) is 2. The number of carbonyl (C=O) groups is 2. The second-order valence-corrected chi connectivity index (χ2v) is 6.89. The molecule has 3 rings (SSSR count). The Hall–Kier alpha value is -2.89. The maximum Gasteiger partial charge on any atom is 0.254 e. The van der Waals surface area contributed by atoms with Gasteiger partial charge < -0.3 is 14.5 Å². The highest BCUT2D eigenvalue weighted by Crippen LogP contribution is 2.15. The summed E-state index contributed by atoms with van der Waals surface area (Å²) in [5, 5.41) is 0. The Bertz CT molecular complexity index is 843. The molecule has 0 aromatic heterocycles. The predicted molar refractivity (Wildman–Crippen MR) is 105 cm³/mol. The summed E-state index contributed by atoms with van der Waals surface area (Å²) >= 11 is 0. The number of halogens is 1. The van der Waals surface area contributed by atoms with Gasteiger partial charge in [0.2, 0.25) is 5.91 Å². The van der Waals surface area contributed by atoms with Crippen LogP contribution in [0.2, 0.25) is 0 Å². The van der Waals surface area contributed by atoms with Gasteiger partial charge in [-0.05, 0) is 49.2 Å². The van der Waals surface area contributed by atoms with Gasteiger partial charge >= 0.3 is 0 Å². The van der Waals surface area contributed by atoms with Crippen molar-refractivity contribution in [3.63, 3.8) is 0 Å². The van der Waals surface area contributed by atoms with Crippen LogP contribution in [0.25, 0.3) is 0 Å². The Morgan fingerprint density at radius 1 is 1.00 bits per heavy atom. The van der Waals surface area contributed by atoms with E-state index < -0.39 is 0 Å². The Morgan fingerprint density at radius 3 is 2.25 bits per heavy atom. The molecule has 6 heteroatoms. The van der Waals surface area contributed by atoms with Crippen LogP contribution in [0.1, 0.15) is 28.4 Å². The van der Waals surface area contributed by atoms with Gasteiger partial charge in [0.15, 0.2) is 0 Å². The minimum Gasteiger partial charge on any atom is -0.494 e. The summed E-state index contributed by atoms with van der Waals surface area (Å²) in [7, 11) is 0. The van der Waals surface area contributed by atoms with E-state index in [1.54, 1.807) is 28.9 Å². The molecular weight excluding hydrogens is 359 g/mol. The molecule has 2 amide bonds. The number of rotatable bonds is 5. The van der Waals surface area contributed by atoms with Gasteiger partial charge in [-0.25, -0.2) is 4.39 Å². The Kier molecular flexibility index (Phi) is 6.29. The first-order valence-electron chi connectivity index (χ1n) is 9.53. The highest BCUT2D eigenvalue weighted by atomic mass is 19.1. The van der Waals surface area contributed by atoms with E-state index in [1.807, 2.05) is 31.2 Å². The summed E-state index contributed by atoms with van der Waals surface area (Å²) in [6.45, 7) is 6.06. The van der Waals surface area contributed by atoms with E-state index in [9.17, 15) is 14.0 Å². The van der Waals surface area contributed by atoms with Crippen molar-refractivity contribution in [3.8, 4) is 5.75 Å². The summed E-state index contributed by atoms with van der Waals surface area (Å²) in [6.07, 6.45) is 0.323. The molecule has 5 nitrogen and oxygen atoms in total. The molecule has 1 heterocycles. The zero-order valence-electron chi connectivity index (χ0n) is 16.3. The number of amides is 2. The van der Waals surface area contributed by atoms with Crippen molar-refractivity contribution in [2.45, 2.75) is 20.3 Å². The lowest BCUT2D eigenvalue weighted by Gasteiger charge is -2.35. The first-order valence-corrected chi connectivity index (χ1v) is 9.53. The monoisotopic (exact) mass is 384 g/mol. The predicted octanol–water partition coefficient (Wildman–Crippen LogP) is 3.06. The van der Waals surface area contributed by atoms with Crippen LogP contribution < -0.4 is 4.74 Å². The lowest BCUT2D eigenvalue weighted by Crippen LogP contribution is -2.51. The number of ether oxygens (including phenoxy) is 1. The molecule has 2 aromatic carbocycles. The normalized spacial score (nSPS) is 14.1. The first kappa shape index (κ1) is 19.9. The van der Waals surface area contributed by atoms with E-state index >= 15 is 0 Å². The molecule has 28 heavy (non-hydrogen) atoms. The minimum absolute atomic E-state index is 0.0395. The zero-order valence-corrected chi connectivity index (χ0v) is 16.3. The van der Waals surface area contributed by atoms with E-state index in [1.165, 1.54) is 6.07 Å². The largest absolute Gasteiger partial charge is 0.494 e. The average molecular weight is 384 g/mol. The highest BCUT2D eigenvalue weighted by molar-refractivity contribution is 5.94. The van der Waals surface area contributed by atoms with Crippen LogP contribution in [0, 0.1) is 12.7 Å². The lowest BCUT2D eigenvalue weighted by atomic mass is 10.1. The standard InChI is InChI=1S/C22H25FN2O3/c1-3-28-19-8-5-17(6-9-19)14-21(26)24-10-12-25(13-11-24)22(27)18-7-4-16(2)20(23)15-18/h4-9,15H,3,10-14H2,1-2H3. The van der Waals surface area contributed by atoms with Crippen LogP contribution in [0.4, 0.5) is 4.39 Å².